The molecule has 3 aromatic rings. The van der Waals surface area contributed by atoms with Crippen molar-refractivity contribution in [2.45, 2.75) is 25.7 Å². The van der Waals surface area contributed by atoms with Gasteiger partial charge in [-0.05, 0) is 40.7 Å². The Balaban J connectivity index is 1.73. The van der Waals surface area contributed by atoms with Crippen LogP contribution in [-0.4, -0.2) is 0 Å². The standard InChI is InChI=1S/C20H20/c1-16(11-12-17-7-3-2-4-8-17)19-14-13-18-9-5-6-10-20(18)15-19/h2-10,13-16H,11-12H2,1H3. The summed E-state index contributed by atoms with van der Waals surface area (Å²) >= 11 is 0. The van der Waals surface area contributed by atoms with E-state index in [0.717, 1.165) is 6.42 Å². The largest absolute Gasteiger partial charge is 0.0622 e. The second-order valence-electron chi connectivity index (χ2n) is 5.53. The van der Waals surface area contributed by atoms with Crippen LogP contribution in [-0.2, 0) is 6.42 Å². The Morgan fingerprint density at radius 2 is 1.45 bits per heavy atom. The number of fused-ring (bicyclic) bond motifs is 1. The summed E-state index contributed by atoms with van der Waals surface area (Å²) in [6, 6.07) is 26.2. The Hall–Kier alpha value is -2.08. The van der Waals surface area contributed by atoms with Crippen LogP contribution in [0.5, 0.6) is 0 Å². The predicted octanol–water partition coefficient (Wildman–Crippen LogP) is 5.58. The van der Waals surface area contributed by atoms with E-state index >= 15 is 0 Å². The molecule has 0 aromatic heterocycles. The van der Waals surface area contributed by atoms with Crippen molar-refractivity contribution in [1.29, 1.82) is 0 Å². The van der Waals surface area contributed by atoms with Gasteiger partial charge in [-0.1, -0.05) is 79.7 Å². The van der Waals surface area contributed by atoms with E-state index in [0.29, 0.717) is 5.92 Å². The highest BCUT2D eigenvalue weighted by atomic mass is 14.1. The van der Waals surface area contributed by atoms with E-state index in [1.54, 1.807) is 0 Å². The van der Waals surface area contributed by atoms with Gasteiger partial charge in [0.1, 0.15) is 0 Å². The van der Waals surface area contributed by atoms with E-state index in [9.17, 15) is 0 Å². The Kier molecular flexibility index (Phi) is 3.83. The molecule has 0 radical (unpaired) electrons. The Morgan fingerprint density at radius 1 is 0.750 bits per heavy atom. The van der Waals surface area contributed by atoms with Crippen molar-refractivity contribution < 1.29 is 0 Å². The van der Waals surface area contributed by atoms with Gasteiger partial charge in [0.05, 0.1) is 0 Å². The van der Waals surface area contributed by atoms with Gasteiger partial charge in [0.25, 0.3) is 0 Å². The first kappa shape index (κ1) is 12.9. The third kappa shape index (κ3) is 2.91. The molecule has 0 spiro atoms. The fraction of sp³-hybridized carbons (Fsp3) is 0.200. The van der Waals surface area contributed by atoms with Crippen LogP contribution in [0, 0.1) is 0 Å². The van der Waals surface area contributed by atoms with Gasteiger partial charge in [-0.15, -0.1) is 0 Å². The molecule has 0 aliphatic heterocycles. The first-order valence-corrected chi connectivity index (χ1v) is 7.35. The molecule has 0 saturated heterocycles. The van der Waals surface area contributed by atoms with E-state index in [-0.39, 0.29) is 0 Å². The summed E-state index contributed by atoms with van der Waals surface area (Å²) in [5.41, 5.74) is 2.87. The van der Waals surface area contributed by atoms with Crippen molar-refractivity contribution in [2.75, 3.05) is 0 Å². The normalized spacial score (nSPS) is 12.4. The van der Waals surface area contributed by atoms with Crippen molar-refractivity contribution in [2.24, 2.45) is 0 Å². The molecule has 1 atom stereocenters. The molecule has 3 rings (SSSR count). The van der Waals surface area contributed by atoms with Crippen LogP contribution >= 0.6 is 0 Å². The maximum absolute atomic E-state index is 2.34. The number of aryl methyl sites for hydroxylation is 1. The van der Waals surface area contributed by atoms with E-state index in [4.69, 9.17) is 0 Å². The molecule has 0 amide bonds. The minimum Gasteiger partial charge on any atom is -0.0622 e. The van der Waals surface area contributed by atoms with Crippen molar-refractivity contribution in [3.63, 3.8) is 0 Å². The van der Waals surface area contributed by atoms with Crippen LogP contribution in [0.15, 0.2) is 72.8 Å². The molecule has 0 N–H and O–H groups in total. The van der Waals surface area contributed by atoms with Crippen LogP contribution in [0.4, 0.5) is 0 Å². The molecule has 0 heteroatoms. The van der Waals surface area contributed by atoms with E-state index in [2.05, 4.69) is 79.7 Å². The molecule has 0 heterocycles. The Labute approximate surface area is 121 Å². The zero-order valence-corrected chi connectivity index (χ0v) is 11.9. The average molecular weight is 260 g/mol. The van der Waals surface area contributed by atoms with Crippen LogP contribution in [0.1, 0.15) is 30.4 Å². The Bertz CT molecular complexity index is 682. The topological polar surface area (TPSA) is 0 Å². The zero-order valence-electron chi connectivity index (χ0n) is 11.9. The molecular weight excluding hydrogens is 240 g/mol. The first-order chi connectivity index (χ1) is 9.83. The quantitative estimate of drug-likeness (QED) is 0.574. The lowest BCUT2D eigenvalue weighted by Crippen LogP contribution is -1.96. The minimum atomic E-state index is 0.597. The lowest BCUT2D eigenvalue weighted by atomic mass is 9.92. The maximum atomic E-state index is 2.34. The highest BCUT2D eigenvalue weighted by Gasteiger charge is 2.06. The zero-order chi connectivity index (χ0) is 13.8. The van der Waals surface area contributed by atoms with Crippen molar-refractivity contribution in [1.82, 2.24) is 0 Å². The number of rotatable bonds is 4. The summed E-state index contributed by atoms with van der Waals surface area (Å²) < 4.78 is 0. The lowest BCUT2D eigenvalue weighted by Gasteiger charge is -2.13. The van der Waals surface area contributed by atoms with Gasteiger partial charge in [-0.3, -0.25) is 0 Å². The lowest BCUT2D eigenvalue weighted by molar-refractivity contribution is 0.680. The van der Waals surface area contributed by atoms with Gasteiger partial charge < -0.3 is 0 Å². The Morgan fingerprint density at radius 3 is 2.25 bits per heavy atom. The SMILES string of the molecule is CC(CCc1ccccc1)c1ccc2ccccc2c1. The van der Waals surface area contributed by atoms with Crippen molar-refractivity contribution in [3.8, 4) is 0 Å². The maximum Gasteiger partial charge on any atom is -0.0181 e. The van der Waals surface area contributed by atoms with Gasteiger partial charge in [-0.2, -0.15) is 0 Å². The second kappa shape index (κ2) is 5.92. The van der Waals surface area contributed by atoms with E-state index in [1.165, 1.54) is 28.3 Å². The third-order valence-electron chi connectivity index (χ3n) is 4.05. The van der Waals surface area contributed by atoms with Gasteiger partial charge in [0, 0.05) is 0 Å². The summed E-state index contributed by atoms with van der Waals surface area (Å²) in [6.45, 7) is 2.33. The van der Waals surface area contributed by atoms with Gasteiger partial charge in [-0.25, -0.2) is 0 Å². The molecule has 0 nitrogen and oxygen atoms in total. The number of hydrogen-bond donors (Lipinski definition) is 0. The fourth-order valence-corrected chi connectivity index (χ4v) is 2.71. The fourth-order valence-electron chi connectivity index (χ4n) is 2.71. The van der Waals surface area contributed by atoms with Gasteiger partial charge in [0.15, 0.2) is 0 Å². The third-order valence-corrected chi connectivity index (χ3v) is 4.05. The molecular formula is C20H20. The minimum absolute atomic E-state index is 0.597. The smallest absolute Gasteiger partial charge is 0.0181 e. The van der Waals surface area contributed by atoms with Crippen LogP contribution < -0.4 is 0 Å². The molecule has 1 unspecified atom stereocenters. The highest BCUT2D eigenvalue weighted by Crippen LogP contribution is 2.25. The van der Waals surface area contributed by atoms with E-state index in [1.807, 2.05) is 0 Å². The van der Waals surface area contributed by atoms with Crippen molar-refractivity contribution >= 4 is 10.8 Å². The summed E-state index contributed by atoms with van der Waals surface area (Å²) in [7, 11) is 0. The summed E-state index contributed by atoms with van der Waals surface area (Å²) in [5.74, 6) is 0.597. The van der Waals surface area contributed by atoms with Crippen molar-refractivity contribution in [3.05, 3.63) is 83.9 Å². The summed E-state index contributed by atoms with van der Waals surface area (Å²) in [5, 5.41) is 2.67. The predicted molar refractivity (Wildman–Crippen MR) is 87.1 cm³/mol. The first-order valence-electron chi connectivity index (χ1n) is 7.35. The average Bonchev–Trinajstić information content (AvgIpc) is 2.53. The van der Waals surface area contributed by atoms with E-state index < -0.39 is 0 Å². The second-order valence-corrected chi connectivity index (χ2v) is 5.53. The van der Waals surface area contributed by atoms with Gasteiger partial charge >= 0.3 is 0 Å². The molecule has 0 saturated carbocycles. The summed E-state index contributed by atoms with van der Waals surface area (Å²) in [6.07, 6.45) is 2.34. The molecule has 0 aliphatic carbocycles. The number of hydrogen-bond acceptors (Lipinski definition) is 0. The molecule has 100 valence electrons. The molecule has 0 bridgehead atoms. The van der Waals surface area contributed by atoms with Crippen LogP contribution in [0.3, 0.4) is 0 Å². The van der Waals surface area contributed by atoms with Crippen LogP contribution in [0.2, 0.25) is 0 Å². The monoisotopic (exact) mass is 260 g/mol. The molecule has 0 aliphatic rings. The van der Waals surface area contributed by atoms with Crippen LogP contribution in [0.25, 0.3) is 10.8 Å². The molecule has 20 heavy (non-hydrogen) atoms. The molecule has 3 aromatic carbocycles. The molecule has 0 fully saturated rings. The highest BCUT2D eigenvalue weighted by molar-refractivity contribution is 5.83. The van der Waals surface area contributed by atoms with Gasteiger partial charge in [0.2, 0.25) is 0 Å². The number of benzene rings is 3. The summed E-state index contributed by atoms with van der Waals surface area (Å²) in [4.78, 5) is 0.